The first kappa shape index (κ1) is 21.0. The maximum atomic E-state index is 13.3. The van der Waals surface area contributed by atoms with E-state index in [0.29, 0.717) is 12.8 Å². The van der Waals surface area contributed by atoms with Gasteiger partial charge in [-0.05, 0) is 46.0 Å². The molecule has 7 nitrogen and oxygen atoms in total. The number of carbonyl (C=O) groups is 3. The van der Waals surface area contributed by atoms with Crippen molar-refractivity contribution in [3.05, 3.63) is 12.7 Å². The highest BCUT2D eigenvalue weighted by Crippen LogP contribution is 2.42. The van der Waals surface area contributed by atoms with E-state index in [9.17, 15) is 14.4 Å². The SMILES string of the molecule is C=C[C@@H]1CCC(COC(N)=O)C(C(=O)NC(C)(C)C)(N(C)C(C)=O)C1. The molecule has 0 heterocycles. The highest BCUT2D eigenvalue weighted by Gasteiger charge is 2.54. The number of likely N-dealkylation sites (N-methyl/N-ethyl adjacent to an activating group) is 1. The molecule has 7 heteroatoms. The van der Waals surface area contributed by atoms with Crippen molar-refractivity contribution in [3.8, 4) is 0 Å². The fourth-order valence-corrected chi connectivity index (χ4v) is 3.50. The van der Waals surface area contributed by atoms with Crippen LogP contribution in [0.1, 0.15) is 47.0 Å². The Hall–Kier alpha value is -2.05. The molecule has 1 rings (SSSR count). The molecule has 1 fully saturated rings. The van der Waals surface area contributed by atoms with Crippen molar-refractivity contribution in [2.45, 2.75) is 58.0 Å². The quantitative estimate of drug-likeness (QED) is 0.736. The van der Waals surface area contributed by atoms with Gasteiger partial charge in [-0.3, -0.25) is 9.59 Å². The first-order chi connectivity index (χ1) is 11.4. The number of nitrogens with one attached hydrogen (secondary N) is 1. The summed E-state index contributed by atoms with van der Waals surface area (Å²) in [5, 5.41) is 2.99. The van der Waals surface area contributed by atoms with Crippen molar-refractivity contribution in [1.82, 2.24) is 10.2 Å². The highest BCUT2D eigenvalue weighted by molar-refractivity contribution is 5.92. The minimum absolute atomic E-state index is 0.00558. The normalized spacial score (nSPS) is 26.4. The van der Waals surface area contributed by atoms with Gasteiger partial charge in [-0.25, -0.2) is 4.79 Å². The monoisotopic (exact) mass is 353 g/mol. The molecule has 3 amide bonds. The van der Waals surface area contributed by atoms with Crippen LogP contribution in [-0.4, -0.2) is 47.5 Å². The second-order valence-electron chi connectivity index (χ2n) is 7.81. The Balaban J connectivity index is 3.35. The Morgan fingerprint density at radius 2 is 1.96 bits per heavy atom. The Kier molecular flexibility index (Phi) is 6.62. The first-order valence-electron chi connectivity index (χ1n) is 8.56. The van der Waals surface area contributed by atoms with Gasteiger partial charge in [0.25, 0.3) is 0 Å². The second-order valence-corrected chi connectivity index (χ2v) is 7.81. The molecular formula is C18H31N3O4. The summed E-state index contributed by atoms with van der Waals surface area (Å²) in [5.41, 5.74) is 3.53. The molecular weight excluding hydrogens is 322 g/mol. The van der Waals surface area contributed by atoms with Gasteiger partial charge in [-0.2, -0.15) is 0 Å². The van der Waals surface area contributed by atoms with Crippen LogP contribution in [0.4, 0.5) is 4.79 Å². The molecule has 1 saturated carbocycles. The summed E-state index contributed by atoms with van der Waals surface area (Å²) in [7, 11) is 1.62. The number of carbonyl (C=O) groups excluding carboxylic acids is 3. The van der Waals surface area contributed by atoms with Crippen LogP contribution < -0.4 is 11.1 Å². The third-order valence-corrected chi connectivity index (χ3v) is 4.85. The van der Waals surface area contributed by atoms with E-state index in [4.69, 9.17) is 10.5 Å². The lowest BCUT2D eigenvalue weighted by molar-refractivity contribution is -0.155. The van der Waals surface area contributed by atoms with E-state index in [2.05, 4.69) is 11.9 Å². The number of hydrogen-bond donors (Lipinski definition) is 2. The van der Waals surface area contributed by atoms with Crippen LogP contribution in [0.5, 0.6) is 0 Å². The van der Waals surface area contributed by atoms with Gasteiger partial charge in [-0.15, -0.1) is 6.58 Å². The third kappa shape index (κ3) is 4.96. The minimum atomic E-state index is -1.12. The molecule has 0 aromatic heterocycles. The van der Waals surface area contributed by atoms with E-state index < -0.39 is 17.2 Å². The lowest BCUT2D eigenvalue weighted by atomic mass is 9.67. The van der Waals surface area contributed by atoms with E-state index in [1.165, 1.54) is 11.8 Å². The molecule has 1 aliphatic carbocycles. The number of amides is 3. The number of rotatable bonds is 5. The summed E-state index contributed by atoms with van der Waals surface area (Å²) in [6.07, 6.45) is 2.80. The first-order valence-corrected chi connectivity index (χ1v) is 8.56. The maximum absolute atomic E-state index is 13.3. The molecule has 0 bridgehead atoms. The van der Waals surface area contributed by atoms with Crippen LogP contribution >= 0.6 is 0 Å². The van der Waals surface area contributed by atoms with Gasteiger partial charge in [-0.1, -0.05) is 6.08 Å². The molecule has 25 heavy (non-hydrogen) atoms. The zero-order chi connectivity index (χ0) is 19.4. The van der Waals surface area contributed by atoms with Crippen molar-refractivity contribution >= 4 is 17.9 Å². The average Bonchev–Trinajstić information content (AvgIpc) is 2.49. The van der Waals surface area contributed by atoms with Gasteiger partial charge >= 0.3 is 6.09 Å². The number of nitrogens with zero attached hydrogens (tertiary/aromatic N) is 1. The summed E-state index contributed by atoms with van der Waals surface area (Å²) in [4.78, 5) is 38.0. The van der Waals surface area contributed by atoms with E-state index in [1.807, 2.05) is 26.8 Å². The predicted molar refractivity (Wildman–Crippen MR) is 95.6 cm³/mol. The van der Waals surface area contributed by atoms with Crippen LogP contribution in [0.3, 0.4) is 0 Å². The Bertz CT molecular complexity index is 541. The maximum Gasteiger partial charge on any atom is 0.404 e. The van der Waals surface area contributed by atoms with E-state index >= 15 is 0 Å². The molecule has 0 aromatic carbocycles. The van der Waals surface area contributed by atoms with Crippen molar-refractivity contribution in [2.75, 3.05) is 13.7 Å². The fourth-order valence-electron chi connectivity index (χ4n) is 3.50. The van der Waals surface area contributed by atoms with Crippen molar-refractivity contribution in [3.63, 3.8) is 0 Å². The average molecular weight is 353 g/mol. The molecule has 0 spiro atoms. The summed E-state index contributed by atoms with van der Waals surface area (Å²) >= 11 is 0. The van der Waals surface area contributed by atoms with Crippen molar-refractivity contribution < 1.29 is 19.1 Å². The standard InChI is InChI=1S/C18H31N3O4/c1-7-13-8-9-14(11-25-16(19)24)18(10-13,21(6)12(2)22)15(23)20-17(3,4)5/h7,13-14H,1,8-11H2,2-6H3,(H2,19,24)(H,20,23)/t13-,14?,18?/m1/s1. The third-order valence-electron chi connectivity index (χ3n) is 4.85. The van der Waals surface area contributed by atoms with Crippen LogP contribution in [-0.2, 0) is 14.3 Å². The molecule has 3 N–H and O–H groups in total. The zero-order valence-electron chi connectivity index (χ0n) is 15.9. The van der Waals surface area contributed by atoms with E-state index in [-0.39, 0.29) is 30.3 Å². The fraction of sp³-hybridized carbons (Fsp3) is 0.722. The number of nitrogens with two attached hydrogens (primary N) is 1. The van der Waals surface area contributed by atoms with Gasteiger partial charge in [0.05, 0.1) is 6.61 Å². The Labute approximate surface area is 149 Å². The van der Waals surface area contributed by atoms with E-state index in [0.717, 1.165) is 6.42 Å². The van der Waals surface area contributed by atoms with Gasteiger partial charge in [0, 0.05) is 25.4 Å². The lowest BCUT2D eigenvalue weighted by Gasteiger charge is -2.50. The smallest absolute Gasteiger partial charge is 0.404 e. The molecule has 0 radical (unpaired) electrons. The second kappa shape index (κ2) is 7.89. The summed E-state index contributed by atoms with van der Waals surface area (Å²) < 4.78 is 5.01. The highest BCUT2D eigenvalue weighted by atomic mass is 16.5. The lowest BCUT2D eigenvalue weighted by Crippen LogP contribution is -2.67. The Morgan fingerprint density at radius 3 is 2.40 bits per heavy atom. The number of ether oxygens (including phenoxy) is 1. The molecule has 0 aromatic rings. The van der Waals surface area contributed by atoms with Gasteiger partial charge in [0.1, 0.15) is 5.54 Å². The molecule has 3 atom stereocenters. The molecule has 2 unspecified atom stereocenters. The van der Waals surface area contributed by atoms with Crippen LogP contribution in [0.2, 0.25) is 0 Å². The summed E-state index contributed by atoms with van der Waals surface area (Å²) in [5.74, 6) is -0.718. The van der Waals surface area contributed by atoms with Gasteiger partial charge < -0.3 is 20.7 Å². The predicted octanol–water partition coefficient (Wildman–Crippen LogP) is 1.82. The number of primary amides is 1. The molecule has 1 aliphatic rings. The summed E-state index contributed by atoms with van der Waals surface area (Å²) in [6.45, 7) is 10.9. The topological polar surface area (TPSA) is 102 Å². The summed E-state index contributed by atoms with van der Waals surface area (Å²) in [6, 6.07) is 0. The number of allylic oxidation sites excluding steroid dienone is 1. The van der Waals surface area contributed by atoms with Gasteiger partial charge in [0.15, 0.2) is 0 Å². The zero-order valence-corrected chi connectivity index (χ0v) is 15.9. The molecule has 0 saturated heterocycles. The minimum Gasteiger partial charge on any atom is -0.449 e. The largest absolute Gasteiger partial charge is 0.449 e. The van der Waals surface area contributed by atoms with Gasteiger partial charge in [0.2, 0.25) is 11.8 Å². The van der Waals surface area contributed by atoms with Crippen molar-refractivity contribution in [2.24, 2.45) is 17.6 Å². The molecule has 0 aliphatic heterocycles. The van der Waals surface area contributed by atoms with Crippen LogP contribution in [0.25, 0.3) is 0 Å². The van der Waals surface area contributed by atoms with Crippen LogP contribution in [0.15, 0.2) is 12.7 Å². The molecule has 142 valence electrons. The Morgan fingerprint density at radius 1 is 1.36 bits per heavy atom. The van der Waals surface area contributed by atoms with Crippen molar-refractivity contribution in [1.29, 1.82) is 0 Å². The number of hydrogen-bond acceptors (Lipinski definition) is 4. The van der Waals surface area contributed by atoms with Crippen LogP contribution in [0, 0.1) is 11.8 Å². The van der Waals surface area contributed by atoms with E-state index in [1.54, 1.807) is 7.05 Å².